The Morgan fingerprint density at radius 2 is 2.00 bits per heavy atom. The van der Waals surface area contributed by atoms with Gasteiger partial charge in [-0.15, -0.1) is 0 Å². The molecule has 0 bridgehead atoms. The fourth-order valence-electron chi connectivity index (χ4n) is 1.10. The lowest BCUT2D eigenvalue weighted by molar-refractivity contribution is -0.129. The molecule has 0 aromatic carbocycles. The van der Waals surface area contributed by atoms with Crippen molar-refractivity contribution in [3.05, 3.63) is 0 Å². The average molecular weight is 230 g/mol. The van der Waals surface area contributed by atoms with Gasteiger partial charge in [-0.25, -0.2) is 0 Å². The van der Waals surface area contributed by atoms with Gasteiger partial charge >= 0.3 is 0 Å². The van der Waals surface area contributed by atoms with Gasteiger partial charge in [-0.2, -0.15) is 5.10 Å². The number of nitrogens with zero attached hydrogens (tertiary/aromatic N) is 2. The first-order chi connectivity index (χ1) is 7.01. The third-order valence-electron chi connectivity index (χ3n) is 1.88. The summed E-state index contributed by atoms with van der Waals surface area (Å²) in [5, 5.41) is 3.97. The van der Waals surface area contributed by atoms with E-state index in [2.05, 4.69) is 22.7 Å². The topological polar surface area (TPSA) is 70.7 Å². The Kier molecular flexibility index (Phi) is 6.61. The third-order valence-corrected chi connectivity index (χ3v) is 1.97. The van der Waals surface area contributed by atoms with Gasteiger partial charge in [0.15, 0.2) is 5.11 Å². The summed E-state index contributed by atoms with van der Waals surface area (Å²) in [6.45, 7) is 7.08. The van der Waals surface area contributed by atoms with Crippen LogP contribution in [0.25, 0.3) is 0 Å². The molecule has 0 aliphatic rings. The Morgan fingerprint density at radius 1 is 1.47 bits per heavy atom. The van der Waals surface area contributed by atoms with Crippen LogP contribution in [0.15, 0.2) is 5.10 Å². The fourth-order valence-corrected chi connectivity index (χ4v) is 1.14. The first-order valence-electron chi connectivity index (χ1n) is 4.87. The minimum atomic E-state index is 0.0611. The highest BCUT2D eigenvalue weighted by molar-refractivity contribution is 7.80. The maximum atomic E-state index is 11.6. The van der Waals surface area contributed by atoms with E-state index in [1.165, 1.54) is 0 Å². The molecular formula is C9H18N4OS. The second-order valence-electron chi connectivity index (χ2n) is 3.07. The van der Waals surface area contributed by atoms with Gasteiger partial charge in [-0.1, -0.05) is 0 Å². The van der Waals surface area contributed by atoms with Crippen LogP contribution < -0.4 is 11.2 Å². The lowest BCUT2D eigenvalue weighted by Gasteiger charge is -2.18. The number of rotatable bonds is 5. The van der Waals surface area contributed by atoms with Crippen LogP contribution in [0, 0.1) is 0 Å². The molecule has 0 aromatic heterocycles. The standard InChI is InChI=1S/C9H18N4OS/c1-4-13(5-2)8(14)6-7(3)11-12-9(10)15/h4-6H2,1-3H3,(H3,10,12,15). The number of carbonyl (C=O) groups excluding carboxylic acids is 1. The Hall–Kier alpha value is -1.17. The maximum Gasteiger partial charge on any atom is 0.228 e. The zero-order chi connectivity index (χ0) is 11.8. The molecule has 3 N–H and O–H groups in total. The van der Waals surface area contributed by atoms with E-state index in [-0.39, 0.29) is 17.4 Å². The lowest BCUT2D eigenvalue weighted by atomic mass is 10.2. The predicted molar refractivity (Wildman–Crippen MR) is 65.6 cm³/mol. The Bertz CT molecular complexity index is 261. The van der Waals surface area contributed by atoms with Crippen LogP contribution >= 0.6 is 12.2 Å². The zero-order valence-electron chi connectivity index (χ0n) is 9.41. The van der Waals surface area contributed by atoms with Gasteiger partial charge in [0, 0.05) is 18.8 Å². The molecule has 0 rings (SSSR count). The molecule has 6 heteroatoms. The summed E-state index contributed by atoms with van der Waals surface area (Å²) >= 11 is 4.59. The van der Waals surface area contributed by atoms with Gasteiger partial charge < -0.3 is 10.6 Å². The summed E-state index contributed by atoms with van der Waals surface area (Å²) in [6, 6.07) is 0. The number of nitrogens with two attached hydrogens (primary N) is 1. The van der Waals surface area contributed by atoms with E-state index in [0.717, 1.165) is 0 Å². The highest BCUT2D eigenvalue weighted by Gasteiger charge is 2.10. The van der Waals surface area contributed by atoms with Crippen LogP contribution in [0.4, 0.5) is 0 Å². The highest BCUT2D eigenvalue weighted by atomic mass is 32.1. The normalized spacial score (nSPS) is 11.0. The maximum absolute atomic E-state index is 11.6. The van der Waals surface area contributed by atoms with E-state index in [1.807, 2.05) is 13.8 Å². The van der Waals surface area contributed by atoms with Gasteiger partial charge in [0.25, 0.3) is 0 Å². The Morgan fingerprint density at radius 3 is 2.40 bits per heavy atom. The van der Waals surface area contributed by atoms with Crippen molar-refractivity contribution in [3.8, 4) is 0 Å². The van der Waals surface area contributed by atoms with Gasteiger partial charge in [0.2, 0.25) is 5.91 Å². The fraction of sp³-hybridized carbons (Fsp3) is 0.667. The van der Waals surface area contributed by atoms with Crippen molar-refractivity contribution in [2.75, 3.05) is 13.1 Å². The van der Waals surface area contributed by atoms with Crippen LogP contribution in [-0.4, -0.2) is 34.7 Å². The lowest BCUT2D eigenvalue weighted by Crippen LogP contribution is -2.32. The molecule has 0 spiro atoms. The summed E-state index contributed by atoms with van der Waals surface area (Å²) in [6.07, 6.45) is 0.289. The number of nitrogens with one attached hydrogen (secondary N) is 1. The van der Waals surface area contributed by atoms with E-state index >= 15 is 0 Å². The number of hydrogen-bond acceptors (Lipinski definition) is 3. The smallest absolute Gasteiger partial charge is 0.228 e. The molecule has 0 fully saturated rings. The SMILES string of the molecule is CCN(CC)C(=O)CC(C)=NNC(N)=S. The average Bonchev–Trinajstić information content (AvgIpc) is 2.16. The van der Waals surface area contributed by atoms with Gasteiger partial charge in [-0.05, 0) is 33.0 Å². The van der Waals surface area contributed by atoms with Crippen molar-refractivity contribution < 1.29 is 4.79 Å². The summed E-state index contributed by atoms with van der Waals surface area (Å²) < 4.78 is 0. The number of amides is 1. The van der Waals surface area contributed by atoms with Crippen LogP contribution in [-0.2, 0) is 4.79 Å². The second kappa shape index (κ2) is 7.17. The second-order valence-corrected chi connectivity index (χ2v) is 3.51. The Labute approximate surface area is 95.7 Å². The largest absolute Gasteiger partial charge is 0.375 e. The van der Waals surface area contributed by atoms with Crippen molar-refractivity contribution in [1.29, 1.82) is 0 Å². The highest BCUT2D eigenvalue weighted by Crippen LogP contribution is 1.95. The van der Waals surface area contributed by atoms with E-state index < -0.39 is 0 Å². The summed E-state index contributed by atoms with van der Waals surface area (Å²) in [5.74, 6) is 0.0611. The summed E-state index contributed by atoms with van der Waals surface area (Å²) in [4.78, 5) is 13.4. The third kappa shape index (κ3) is 6.01. The van der Waals surface area contributed by atoms with E-state index in [1.54, 1.807) is 11.8 Å². The molecule has 0 aliphatic heterocycles. The molecule has 0 saturated heterocycles. The molecule has 5 nitrogen and oxygen atoms in total. The molecule has 0 saturated carbocycles. The van der Waals surface area contributed by atoms with Gasteiger partial charge in [-0.3, -0.25) is 10.2 Å². The van der Waals surface area contributed by atoms with E-state index in [9.17, 15) is 4.79 Å². The molecule has 0 atom stereocenters. The van der Waals surface area contributed by atoms with Crippen molar-refractivity contribution in [2.45, 2.75) is 27.2 Å². The summed E-state index contributed by atoms with van der Waals surface area (Å²) in [5.41, 5.74) is 8.32. The van der Waals surface area contributed by atoms with Crippen molar-refractivity contribution in [2.24, 2.45) is 10.8 Å². The summed E-state index contributed by atoms with van der Waals surface area (Å²) in [7, 11) is 0. The number of hydrazone groups is 1. The minimum absolute atomic E-state index is 0.0611. The molecule has 0 radical (unpaired) electrons. The number of carbonyl (C=O) groups is 1. The molecule has 0 aromatic rings. The quantitative estimate of drug-likeness (QED) is 0.409. The van der Waals surface area contributed by atoms with Crippen LogP contribution in [0.2, 0.25) is 0 Å². The first kappa shape index (κ1) is 13.8. The predicted octanol–water partition coefficient (Wildman–Crippen LogP) is 0.454. The molecule has 0 aliphatic carbocycles. The molecule has 0 heterocycles. The Balaban J connectivity index is 4.16. The van der Waals surface area contributed by atoms with Crippen LogP contribution in [0.5, 0.6) is 0 Å². The molecular weight excluding hydrogens is 212 g/mol. The molecule has 15 heavy (non-hydrogen) atoms. The first-order valence-corrected chi connectivity index (χ1v) is 5.28. The number of hydrogen-bond donors (Lipinski definition) is 2. The molecule has 86 valence electrons. The molecule has 0 unspecified atom stereocenters. The van der Waals surface area contributed by atoms with Crippen molar-refractivity contribution >= 4 is 28.9 Å². The molecule has 1 amide bonds. The van der Waals surface area contributed by atoms with Gasteiger partial charge in [0.05, 0.1) is 6.42 Å². The van der Waals surface area contributed by atoms with Crippen LogP contribution in [0.1, 0.15) is 27.2 Å². The van der Waals surface area contributed by atoms with Gasteiger partial charge in [0.1, 0.15) is 0 Å². The van der Waals surface area contributed by atoms with E-state index in [0.29, 0.717) is 18.8 Å². The zero-order valence-corrected chi connectivity index (χ0v) is 10.2. The monoisotopic (exact) mass is 230 g/mol. The minimum Gasteiger partial charge on any atom is -0.375 e. The van der Waals surface area contributed by atoms with Crippen molar-refractivity contribution in [1.82, 2.24) is 10.3 Å². The van der Waals surface area contributed by atoms with Crippen molar-refractivity contribution in [3.63, 3.8) is 0 Å². The van der Waals surface area contributed by atoms with Crippen LogP contribution in [0.3, 0.4) is 0 Å². The number of thiocarbonyl (C=S) groups is 1. The van der Waals surface area contributed by atoms with E-state index in [4.69, 9.17) is 5.73 Å².